The number of alkyl halides is 3. The summed E-state index contributed by atoms with van der Waals surface area (Å²) in [5.41, 5.74) is 3.22. The van der Waals surface area contributed by atoms with Crippen LogP contribution in [-0.2, 0) is 27.1 Å². The first-order valence-electron chi connectivity index (χ1n) is 13.1. The summed E-state index contributed by atoms with van der Waals surface area (Å²) < 4.78 is 51.2. The van der Waals surface area contributed by atoms with E-state index in [0.717, 1.165) is 17.7 Å². The molecule has 9 nitrogen and oxygen atoms in total. The van der Waals surface area contributed by atoms with Gasteiger partial charge in [-0.25, -0.2) is 5.43 Å². The van der Waals surface area contributed by atoms with E-state index in [1.54, 1.807) is 13.0 Å². The average Bonchev–Trinajstić information content (AvgIpc) is 2.96. The van der Waals surface area contributed by atoms with E-state index in [9.17, 15) is 27.6 Å². The van der Waals surface area contributed by atoms with Gasteiger partial charge in [0.2, 0.25) is 0 Å². The third-order valence-corrected chi connectivity index (χ3v) is 6.37. The standard InChI is InChI=1S/C30H30BrF3N4O5/c1-4-42-26-13-20(16-36-38-29(41)28(40)35-15-19-5-8-21(9-6-19)18(2)3)7-12-25(26)43-17-27(39)37-24-11-10-22(31)14-23(24)30(32,33)34/h5-14,16,18H,4,15,17H2,1-3H3,(H,35,40)(H,37,39)(H,38,41)/b36-16-. The van der Waals surface area contributed by atoms with Crippen LogP contribution in [0.15, 0.2) is 70.2 Å². The Morgan fingerprint density at radius 3 is 2.33 bits per heavy atom. The second-order valence-corrected chi connectivity index (χ2v) is 10.4. The Morgan fingerprint density at radius 2 is 1.67 bits per heavy atom. The first-order chi connectivity index (χ1) is 20.4. The molecule has 0 heterocycles. The van der Waals surface area contributed by atoms with E-state index in [1.165, 1.54) is 30.0 Å². The lowest BCUT2D eigenvalue weighted by molar-refractivity contribution is -0.139. The molecule has 0 radical (unpaired) electrons. The van der Waals surface area contributed by atoms with Crippen molar-refractivity contribution in [2.24, 2.45) is 5.10 Å². The first kappa shape index (κ1) is 33.1. The molecular weight excluding hydrogens is 633 g/mol. The van der Waals surface area contributed by atoms with Crippen LogP contribution in [0.25, 0.3) is 0 Å². The largest absolute Gasteiger partial charge is 0.490 e. The molecule has 3 aromatic carbocycles. The molecule has 3 aromatic rings. The van der Waals surface area contributed by atoms with Gasteiger partial charge >= 0.3 is 18.0 Å². The van der Waals surface area contributed by atoms with Crippen molar-refractivity contribution in [2.75, 3.05) is 18.5 Å². The fourth-order valence-corrected chi connectivity index (χ4v) is 4.04. The second kappa shape index (κ2) is 15.2. The molecule has 0 unspecified atom stereocenters. The van der Waals surface area contributed by atoms with Gasteiger partial charge in [-0.1, -0.05) is 54.0 Å². The van der Waals surface area contributed by atoms with E-state index < -0.39 is 41.8 Å². The number of halogens is 4. The number of rotatable bonds is 11. The molecular formula is C30H30BrF3N4O5. The minimum absolute atomic E-state index is 0.158. The zero-order valence-corrected chi connectivity index (χ0v) is 25.1. The molecule has 0 aliphatic rings. The number of amides is 3. The van der Waals surface area contributed by atoms with Crippen LogP contribution >= 0.6 is 15.9 Å². The Labute approximate surface area is 255 Å². The van der Waals surface area contributed by atoms with Crippen molar-refractivity contribution in [3.05, 3.63) is 87.4 Å². The highest BCUT2D eigenvalue weighted by Gasteiger charge is 2.34. The minimum Gasteiger partial charge on any atom is -0.490 e. The van der Waals surface area contributed by atoms with E-state index in [0.29, 0.717) is 11.5 Å². The van der Waals surface area contributed by atoms with Crippen molar-refractivity contribution in [3.63, 3.8) is 0 Å². The van der Waals surface area contributed by atoms with Gasteiger partial charge in [-0.15, -0.1) is 0 Å². The van der Waals surface area contributed by atoms with Gasteiger partial charge in [0, 0.05) is 11.0 Å². The van der Waals surface area contributed by atoms with Gasteiger partial charge in [-0.2, -0.15) is 18.3 Å². The minimum atomic E-state index is -4.67. The number of carbonyl (C=O) groups excluding carboxylic acids is 3. The summed E-state index contributed by atoms with van der Waals surface area (Å²) in [5, 5.41) is 8.53. The third-order valence-electron chi connectivity index (χ3n) is 5.87. The maximum absolute atomic E-state index is 13.3. The smallest absolute Gasteiger partial charge is 0.418 e. The highest BCUT2D eigenvalue weighted by atomic mass is 79.9. The van der Waals surface area contributed by atoms with Crippen LogP contribution in [-0.4, -0.2) is 37.1 Å². The molecule has 0 aromatic heterocycles. The van der Waals surface area contributed by atoms with Gasteiger partial charge in [-0.05, 0) is 65.9 Å². The van der Waals surface area contributed by atoms with Gasteiger partial charge in [-0.3, -0.25) is 14.4 Å². The van der Waals surface area contributed by atoms with Gasteiger partial charge < -0.3 is 20.1 Å². The van der Waals surface area contributed by atoms with E-state index in [2.05, 4.69) is 50.9 Å². The Hall–Kier alpha value is -4.39. The lowest BCUT2D eigenvalue weighted by atomic mass is 10.0. The normalized spacial score (nSPS) is 11.3. The Kier molecular flexibility index (Phi) is 11.7. The van der Waals surface area contributed by atoms with Crippen molar-refractivity contribution in [1.82, 2.24) is 10.7 Å². The molecule has 0 spiro atoms. The summed E-state index contributed by atoms with van der Waals surface area (Å²) >= 11 is 2.99. The molecule has 13 heteroatoms. The summed E-state index contributed by atoms with van der Waals surface area (Å²) in [6, 6.07) is 15.6. The van der Waals surface area contributed by atoms with Crippen LogP contribution in [0, 0.1) is 0 Å². The molecule has 0 atom stereocenters. The van der Waals surface area contributed by atoms with Crippen molar-refractivity contribution in [3.8, 4) is 11.5 Å². The Morgan fingerprint density at radius 1 is 0.953 bits per heavy atom. The van der Waals surface area contributed by atoms with Crippen molar-refractivity contribution < 1.29 is 37.0 Å². The fraction of sp³-hybridized carbons (Fsp3) is 0.267. The maximum Gasteiger partial charge on any atom is 0.418 e. The molecule has 3 rings (SSSR count). The molecule has 3 N–H and O–H groups in total. The number of nitrogens with one attached hydrogen (secondary N) is 3. The SMILES string of the molecule is CCOc1cc(/C=N\NC(=O)C(=O)NCc2ccc(C(C)C)cc2)ccc1OCC(=O)Nc1ccc(Br)cc1C(F)(F)F. The fourth-order valence-electron chi connectivity index (χ4n) is 3.68. The molecule has 0 aliphatic carbocycles. The predicted octanol–water partition coefficient (Wildman–Crippen LogP) is 5.77. The van der Waals surface area contributed by atoms with Crippen molar-refractivity contribution >= 4 is 45.6 Å². The van der Waals surface area contributed by atoms with E-state index in [4.69, 9.17) is 9.47 Å². The number of nitrogens with zero attached hydrogens (tertiary/aromatic N) is 1. The molecule has 0 aliphatic heterocycles. The van der Waals surface area contributed by atoms with Crippen LogP contribution in [0.1, 0.15) is 48.9 Å². The van der Waals surface area contributed by atoms with Crippen molar-refractivity contribution in [2.45, 2.75) is 39.4 Å². The molecule has 228 valence electrons. The third kappa shape index (κ3) is 10.1. The zero-order valence-electron chi connectivity index (χ0n) is 23.5. The van der Waals surface area contributed by atoms with Crippen LogP contribution in [0.4, 0.5) is 18.9 Å². The number of benzene rings is 3. The number of hydrogen-bond donors (Lipinski definition) is 3. The van der Waals surface area contributed by atoms with Gasteiger partial charge in [0.05, 0.1) is 24.1 Å². The second-order valence-electron chi connectivity index (χ2n) is 9.44. The molecule has 43 heavy (non-hydrogen) atoms. The van der Waals surface area contributed by atoms with Crippen molar-refractivity contribution in [1.29, 1.82) is 0 Å². The summed E-state index contributed by atoms with van der Waals surface area (Å²) in [7, 11) is 0. The van der Waals surface area contributed by atoms with Gasteiger partial charge in [0.15, 0.2) is 18.1 Å². The van der Waals surface area contributed by atoms with Gasteiger partial charge in [0.25, 0.3) is 5.91 Å². The van der Waals surface area contributed by atoms with Crippen LogP contribution in [0.3, 0.4) is 0 Å². The zero-order chi connectivity index (χ0) is 31.6. The summed E-state index contributed by atoms with van der Waals surface area (Å²) in [6.07, 6.45) is -3.39. The number of ether oxygens (including phenoxy) is 2. The lowest BCUT2D eigenvalue weighted by Crippen LogP contribution is -2.37. The molecule has 0 bridgehead atoms. The highest BCUT2D eigenvalue weighted by molar-refractivity contribution is 9.10. The van der Waals surface area contributed by atoms with Gasteiger partial charge in [0.1, 0.15) is 0 Å². The Bertz CT molecular complexity index is 1480. The van der Waals surface area contributed by atoms with E-state index >= 15 is 0 Å². The summed E-state index contributed by atoms with van der Waals surface area (Å²) in [6.45, 7) is 5.72. The maximum atomic E-state index is 13.3. The highest BCUT2D eigenvalue weighted by Crippen LogP contribution is 2.36. The molecule has 0 saturated carbocycles. The predicted molar refractivity (Wildman–Crippen MR) is 159 cm³/mol. The van der Waals surface area contributed by atoms with Crippen LogP contribution in [0.5, 0.6) is 11.5 Å². The number of hydrazone groups is 1. The first-order valence-corrected chi connectivity index (χ1v) is 13.9. The number of hydrogen-bond acceptors (Lipinski definition) is 6. The lowest BCUT2D eigenvalue weighted by Gasteiger charge is -2.15. The van der Waals surface area contributed by atoms with Crippen LogP contribution < -0.4 is 25.5 Å². The Balaban J connectivity index is 1.55. The summed E-state index contributed by atoms with van der Waals surface area (Å²) in [4.78, 5) is 36.6. The number of anilines is 1. The average molecular weight is 663 g/mol. The molecule has 3 amide bonds. The molecule has 0 saturated heterocycles. The summed E-state index contributed by atoms with van der Waals surface area (Å²) in [5.74, 6) is -1.85. The monoisotopic (exact) mass is 662 g/mol. The van der Waals surface area contributed by atoms with Crippen LogP contribution in [0.2, 0.25) is 0 Å². The number of carbonyl (C=O) groups is 3. The quantitative estimate of drug-likeness (QED) is 0.137. The van der Waals surface area contributed by atoms with E-state index in [1.807, 2.05) is 24.3 Å². The molecule has 0 fully saturated rings. The topological polar surface area (TPSA) is 118 Å². The van der Waals surface area contributed by atoms with E-state index in [-0.39, 0.29) is 29.1 Å².